The maximum Gasteiger partial charge on any atom is 0.161 e. The zero-order valence-corrected chi connectivity index (χ0v) is 20.6. The molecule has 0 aliphatic heterocycles. The van der Waals surface area contributed by atoms with Gasteiger partial charge in [0.05, 0.1) is 13.2 Å². The van der Waals surface area contributed by atoms with Crippen molar-refractivity contribution in [1.29, 1.82) is 0 Å². The summed E-state index contributed by atoms with van der Waals surface area (Å²) >= 11 is 0. The second kappa shape index (κ2) is 11.2. The summed E-state index contributed by atoms with van der Waals surface area (Å²) in [4.78, 5) is 4.69. The van der Waals surface area contributed by atoms with E-state index in [4.69, 9.17) is 24.9 Å². The van der Waals surface area contributed by atoms with Crippen LogP contribution in [0, 0.1) is 0 Å². The Bertz CT molecular complexity index is 1250. The first kappa shape index (κ1) is 23.7. The number of hydrogen-bond donors (Lipinski definition) is 1. The fraction of sp³-hybridized carbons (Fsp3) is 0.258. The van der Waals surface area contributed by atoms with Crippen molar-refractivity contribution in [1.82, 2.24) is 4.98 Å². The minimum Gasteiger partial charge on any atom is -0.493 e. The van der Waals surface area contributed by atoms with Crippen LogP contribution >= 0.6 is 0 Å². The molecule has 1 aliphatic rings. The lowest BCUT2D eigenvalue weighted by Gasteiger charge is -2.20. The summed E-state index contributed by atoms with van der Waals surface area (Å²) in [6.07, 6.45) is 7.58. The first-order valence-electron chi connectivity index (χ1n) is 12.6. The molecular formula is C31H32N2O3. The van der Waals surface area contributed by atoms with Gasteiger partial charge in [-0.1, -0.05) is 24.3 Å². The van der Waals surface area contributed by atoms with Crippen LogP contribution in [-0.2, 0) is 6.42 Å². The van der Waals surface area contributed by atoms with Crippen LogP contribution in [0.2, 0.25) is 0 Å². The standard InChI is InChI=1S/C31H32N2O3/c1-34-30-18-9-22(21-31(30)36-25-6-2-3-7-25)20-28(29-8-4-5-19-33-29)23-10-14-26(15-11-23)35-27-16-12-24(32)13-17-27/h4-5,8-19,21,25,28H,2-3,6-7,20,32H2,1H3. The molecule has 184 valence electrons. The van der Waals surface area contributed by atoms with E-state index in [1.165, 1.54) is 24.0 Å². The quantitative estimate of drug-likeness (QED) is 0.257. The average Bonchev–Trinajstić information content (AvgIpc) is 3.43. The highest BCUT2D eigenvalue weighted by Gasteiger charge is 2.21. The predicted molar refractivity (Wildman–Crippen MR) is 143 cm³/mol. The lowest BCUT2D eigenvalue weighted by Crippen LogP contribution is -2.12. The Morgan fingerprint density at radius 1 is 0.861 bits per heavy atom. The van der Waals surface area contributed by atoms with Crippen molar-refractivity contribution in [3.05, 3.63) is 108 Å². The van der Waals surface area contributed by atoms with Gasteiger partial charge in [-0.2, -0.15) is 0 Å². The molecule has 0 radical (unpaired) electrons. The second-order valence-corrected chi connectivity index (χ2v) is 9.26. The molecule has 0 spiro atoms. The largest absolute Gasteiger partial charge is 0.493 e. The third-order valence-corrected chi connectivity index (χ3v) is 6.71. The number of anilines is 1. The molecule has 1 saturated carbocycles. The molecule has 0 bridgehead atoms. The van der Waals surface area contributed by atoms with Gasteiger partial charge in [0.1, 0.15) is 11.5 Å². The van der Waals surface area contributed by atoms with Crippen LogP contribution in [0.15, 0.2) is 91.1 Å². The molecule has 5 nitrogen and oxygen atoms in total. The summed E-state index contributed by atoms with van der Waals surface area (Å²) in [5, 5.41) is 0. The van der Waals surface area contributed by atoms with E-state index in [-0.39, 0.29) is 12.0 Å². The van der Waals surface area contributed by atoms with Crippen LogP contribution in [0.1, 0.15) is 48.4 Å². The van der Waals surface area contributed by atoms with E-state index < -0.39 is 0 Å². The minimum absolute atomic E-state index is 0.0875. The SMILES string of the molecule is COc1ccc(CC(c2ccc(Oc3ccc(N)cc3)cc2)c2ccccn2)cc1OC1CCCC1. The van der Waals surface area contributed by atoms with Crippen molar-refractivity contribution >= 4 is 5.69 Å². The van der Waals surface area contributed by atoms with E-state index in [0.29, 0.717) is 5.69 Å². The van der Waals surface area contributed by atoms with Crippen molar-refractivity contribution in [2.45, 2.75) is 44.1 Å². The molecule has 0 saturated heterocycles. The second-order valence-electron chi connectivity index (χ2n) is 9.26. The fourth-order valence-electron chi connectivity index (χ4n) is 4.78. The monoisotopic (exact) mass is 480 g/mol. The minimum atomic E-state index is 0.0875. The van der Waals surface area contributed by atoms with Crippen molar-refractivity contribution in [3.63, 3.8) is 0 Å². The third-order valence-electron chi connectivity index (χ3n) is 6.71. The van der Waals surface area contributed by atoms with Gasteiger partial charge in [0.25, 0.3) is 0 Å². The lowest BCUT2D eigenvalue weighted by atomic mass is 9.88. The molecule has 1 fully saturated rings. The van der Waals surface area contributed by atoms with Gasteiger partial charge in [0.15, 0.2) is 11.5 Å². The number of nitrogen functional groups attached to an aromatic ring is 1. The molecule has 4 aromatic rings. The molecule has 3 aromatic carbocycles. The molecule has 1 unspecified atom stereocenters. The van der Waals surface area contributed by atoms with Crippen molar-refractivity contribution < 1.29 is 14.2 Å². The number of benzene rings is 3. The Balaban J connectivity index is 1.39. The van der Waals surface area contributed by atoms with Crippen LogP contribution in [0.3, 0.4) is 0 Å². The number of aromatic nitrogens is 1. The van der Waals surface area contributed by atoms with Crippen LogP contribution in [0.5, 0.6) is 23.0 Å². The van der Waals surface area contributed by atoms with Crippen molar-refractivity contribution in [2.75, 3.05) is 12.8 Å². The first-order valence-corrected chi connectivity index (χ1v) is 12.6. The lowest BCUT2D eigenvalue weighted by molar-refractivity contribution is 0.200. The molecule has 1 heterocycles. The third kappa shape index (κ3) is 5.80. The van der Waals surface area contributed by atoms with Gasteiger partial charge in [0.2, 0.25) is 0 Å². The summed E-state index contributed by atoms with van der Waals surface area (Å²) in [5.74, 6) is 3.23. The zero-order valence-electron chi connectivity index (χ0n) is 20.6. The number of methoxy groups -OCH3 is 1. The van der Waals surface area contributed by atoms with Gasteiger partial charge in [-0.3, -0.25) is 4.98 Å². The van der Waals surface area contributed by atoms with Crippen LogP contribution in [0.25, 0.3) is 0 Å². The molecule has 1 atom stereocenters. The van der Waals surface area contributed by atoms with E-state index in [9.17, 15) is 0 Å². The number of rotatable bonds is 9. The van der Waals surface area contributed by atoms with Gasteiger partial charge >= 0.3 is 0 Å². The van der Waals surface area contributed by atoms with Crippen LogP contribution in [-0.4, -0.2) is 18.2 Å². The van der Waals surface area contributed by atoms with Gasteiger partial charge in [-0.25, -0.2) is 0 Å². The number of ether oxygens (including phenoxy) is 3. The number of pyridine rings is 1. The van der Waals surface area contributed by atoms with Gasteiger partial charge < -0.3 is 19.9 Å². The normalized spacial score (nSPS) is 14.4. The van der Waals surface area contributed by atoms with Crippen LogP contribution < -0.4 is 19.9 Å². The highest BCUT2D eigenvalue weighted by Crippen LogP contribution is 2.35. The van der Waals surface area contributed by atoms with E-state index >= 15 is 0 Å². The van der Waals surface area contributed by atoms with E-state index in [1.807, 2.05) is 60.8 Å². The Labute approximate surface area is 212 Å². The molecule has 2 N–H and O–H groups in total. The summed E-state index contributed by atoms with van der Waals surface area (Å²) in [6.45, 7) is 0. The van der Waals surface area contributed by atoms with Gasteiger partial charge in [-0.15, -0.1) is 0 Å². The van der Waals surface area contributed by atoms with Crippen LogP contribution in [0.4, 0.5) is 5.69 Å². The number of hydrogen-bond acceptors (Lipinski definition) is 5. The number of nitrogens with two attached hydrogens (primary N) is 1. The van der Waals surface area contributed by atoms with E-state index in [0.717, 1.165) is 48.0 Å². The first-order chi connectivity index (χ1) is 17.7. The summed E-state index contributed by atoms with van der Waals surface area (Å²) < 4.78 is 17.9. The van der Waals surface area contributed by atoms with E-state index in [2.05, 4.69) is 30.3 Å². The summed E-state index contributed by atoms with van der Waals surface area (Å²) in [7, 11) is 1.70. The molecule has 0 amide bonds. The molecule has 1 aliphatic carbocycles. The van der Waals surface area contributed by atoms with Gasteiger partial charge in [0, 0.05) is 23.5 Å². The zero-order chi connectivity index (χ0) is 24.7. The van der Waals surface area contributed by atoms with Crippen molar-refractivity contribution in [3.8, 4) is 23.0 Å². The highest BCUT2D eigenvalue weighted by atomic mass is 16.5. The van der Waals surface area contributed by atoms with E-state index in [1.54, 1.807) is 7.11 Å². The van der Waals surface area contributed by atoms with Crippen molar-refractivity contribution in [2.24, 2.45) is 0 Å². The highest BCUT2D eigenvalue weighted by molar-refractivity contribution is 5.46. The fourth-order valence-corrected chi connectivity index (χ4v) is 4.78. The Morgan fingerprint density at radius 3 is 2.25 bits per heavy atom. The summed E-state index contributed by atoms with van der Waals surface area (Å²) in [5.41, 5.74) is 9.88. The Kier molecular flexibility index (Phi) is 7.36. The predicted octanol–water partition coefficient (Wildman–Crippen LogP) is 7.16. The maximum absolute atomic E-state index is 6.35. The topological polar surface area (TPSA) is 66.6 Å². The molecule has 5 rings (SSSR count). The molecule has 36 heavy (non-hydrogen) atoms. The van der Waals surface area contributed by atoms with Gasteiger partial charge in [-0.05, 0) is 104 Å². The Morgan fingerprint density at radius 2 is 1.58 bits per heavy atom. The summed E-state index contributed by atoms with van der Waals surface area (Å²) in [6, 6.07) is 28.0. The maximum atomic E-state index is 6.35. The smallest absolute Gasteiger partial charge is 0.161 e. The molecule has 1 aromatic heterocycles. The molecular weight excluding hydrogens is 448 g/mol. The Hall–Kier alpha value is -3.99. The average molecular weight is 481 g/mol. The molecule has 5 heteroatoms. The number of nitrogens with zero attached hydrogens (tertiary/aromatic N) is 1.